The summed E-state index contributed by atoms with van der Waals surface area (Å²) in [4.78, 5) is 10.8. The Morgan fingerprint density at radius 1 is 1.67 bits per heavy atom. The van der Waals surface area contributed by atoms with Crippen LogP contribution in [0.5, 0.6) is 0 Å². The van der Waals surface area contributed by atoms with Gasteiger partial charge in [-0.25, -0.2) is 0 Å². The van der Waals surface area contributed by atoms with Crippen LogP contribution in [0.15, 0.2) is 29.2 Å². The highest BCUT2D eigenvalue weighted by atomic mass is 32.2. The Morgan fingerprint density at radius 2 is 2.47 bits per heavy atom. The molecule has 15 heavy (non-hydrogen) atoms. The molecule has 1 saturated heterocycles. The quantitative estimate of drug-likeness (QED) is 0.333. The van der Waals surface area contributed by atoms with Gasteiger partial charge in [-0.3, -0.25) is 10.1 Å². The standard InChI is InChI=1S/C9H9NO4S/c11-10(12)7-2-1-3-9(4-7)15-14-6-8-5-13-8/h1-4,8H,5-6H2/t8-/m0/s1. The number of ether oxygens (including phenoxy) is 1. The zero-order valence-electron chi connectivity index (χ0n) is 7.79. The lowest BCUT2D eigenvalue weighted by molar-refractivity contribution is -0.385. The third-order valence-electron chi connectivity index (χ3n) is 1.84. The maximum Gasteiger partial charge on any atom is 0.270 e. The fraction of sp³-hybridized carbons (Fsp3) is 0.333. The Balaban J connectivity index is 1.88. The minimum absolute atomic E-state index is 0.0753. The Morgan fingerprint density at radius 3 is 3.13 bits per heavy atom. The van der Waals surface area contributed by atoms with Gasteiger partial charge in [0.15, 0.2) is 0 Å². The van der Waals surface area contributed by atoms with Crippen molar-refractivity contribution in [3.05, 3.63) is 34.4 Å². The van der Waals surface area contributed by atoms with Crippen LogP contribution < -0.4 is 0 Å². The monoisotopic (exact) mass is 227 g/mol. The van der Waals surface area contributed by atoms with Crippen LogP contribution >= 0.6 is 12.0 Å². The van der Waals surface area contributed by atoms with Crippen molar-refractivity contribution in [2.75, 3.05) is 13.2 Å². The van der Waals surface area contributed by atoms with Gasteiger partial charge in [-0.1, -0.05) is 6.07 Å². The van der Waals surface area contributed by atoms with Gasteiger partial charge in [-0.05, 0) is 6.07 Å². The number of nitro benzene ring substituents is 1. The van der Waals surface area contributed by atoms with Crippen molar-refractivity contribution < 1.29 is 13.8 Å². The van der Waals surface area contributed by atoms with Gasteiger partial charge in [0.25, 0.3) is 5.69 Å². The van der Waals surface area contributed by atoms with E-state index in [1.165, 1.54) is 12.1 Å². The first-order chi connectivity index (χ1) is 7.25. The van der Waals surface area contributed by atoms with Gasteiger partial charge in [0.05, 0.1) is 18.1 Å². The van der Waals surface area contributed by atoms with Crippen molar-refractivity contribution >= 4 is 17.7 Å². The van der Waals surface area contributed by atoms with Crippen molar-refractivity contribution in [2.45, 2.75) is 11.0 Å². The first-order valence-electron chi connectivity index (χ1n) is 4.41. The van der Waals surface area contributed by atoms with Crippen LogP contribution in [-0.2, 0) is 8.92 Å². The summed E-state index contributed by atoms with van der Waals surface area (Å²) in [5, 5.41) is 10.5. The van der Waals surface area contributed by atoms with E-state index in [0.717, 1.165) is 23.5 Å². The first-order valence-corrected chi connectivity index (χ1v) is 5.15. The van der Waals surface area contributed by atoms with Crippen LogP contribution in [0, 0.1) is 10.1 Å². The summed E-state index contributed by atoms with van der Waals surface area (Å²) in [7, 11) is 0. The molecule has 1 aromatic rings. The number of rotatable bonds is 5. The van der Waals surface area contributed by atoms with Crippen LogP contribution in [0.25, 0.3) is 0 Å². The molecule has 0 spiro atoms. The molecule has 0 bridgehead atoms. The molecule has 5 nitrogen and oxygen atoms in total. The molecule has 1 aliphatic heterocycles. The molecule has 1 fully saturated rings. The van der Waals surface area contributed by atoms with Crippen LogP contribution in [-0.4, -0.2) is 24.2 Å². The minimum atomic E-state index is -0.423. The number of epoxide rings is 1. The Labute approximate surface area is 90.7 Å². The summed E-state index contributed by atoms with van der Waals surface area (Å²) in [6, 6.07) is 6.34. The predicted octanol–water partition coefficient (Wildman–Crippen LogP) is 2.02. The lowest BCUT2D eigenvalue weighted by Crippen LogP contribution is -1.95. The second-order valence-electron chi connectivity index (χ2n) is 3.08. The van der Waals surface area contributed by atoms with Crippen LogP contribution in [0.4, 0.5) is 5.69 Å². The Kier molecular flexibility index (Phi) is 3.20. The van der Waals surface area contributed by atoms with E-state index in [4.69, 9.17) is 8.92 Å². The van der Waals surface area contributed by atoms with E-state index in [0.29, 0.717) is 6.61 Å². The largest absolute Gasteiger partial charge is 0.371 e. The van der Waals surface area contributed by atoms with Crippen molar-refractivity contribution in [2.24, 2.45) is 0 Å². The summed E-state index contributed by atoms with van der Waals surface area (Å²) >= 11 is 1.14. The fourth-order valence-electron chi connectivity index (χ4n) is 0.991. The molecule has 1 aromatic carbocycles. The average molecular weight is 227 g/mol. The molecule has 6 heteroatoms. The number of nitrogens with zero attached hydrogens (tertiary/aromatic N) is 1. The number of benzene rings is 1. The summed E-state index contributed by atoms with van der Waals surface area (Å²) in [5.74, 6) is 0. The van der Waals surface area contributed by atoms with E-state index in [9.17, 15) is 10.1 Å². The van der Waals surface area contributed by atoms with Crippen molar-refractivity contribution in [1.82, 2.24) is 0 Å². The molecule has 0 saturated carbocycles. The smallest absolute Gasteiger partial charge is 0.270 e. The van der Waals surface area contributed by atoms with Crippen LogP contribution in [0.3, 0.4) is 0 Å². The molecule has 0 unspecified atom stereocenters. The lowest BCUT2D eigenvalue weighted by Gasteiger charge is -2.00. The molecule has 0 amide bonds. The first kappa shape index (κ1) is 10.4. The van der Waals surface area contributed by atoms with E-state index in [1.54, 1.807) is 12.1 Å². The van der Waals surface area contributed by atoms with Crippen LogP contribution in [0.1, 0.15) is 0 Å². The molecular weight excluding hydrogens is 218 g/mol. The van der Waals surface area contributed by atoms with E-state index in [2.05, 4.69) is 0 Å². The van der Waals surface area contributed by atoms with Gasteiger partial charge in [-0.15, -0.1) is 0 Å². The molecule has 80 valence electrons. The lowest BCUT2D eigenvalue weighted by atomic mass is 10.3. The van der Waals surface area contributed by atoms with Crippen LogP contribution in [0.2, 0.25) is 0 Å². The van der Waals surface area contributed by atoms with Gasteiger partial charge in [0, 0.05) is 29.1 Å². The number of hydrogen-bond acceptors (Lipinski definition) is 5. The number of nitro groups is 1. The second-order valence-corrected chi connectivity index (χ2v) is 3.95. The number of non-ortho nitro benzene ring substituents is 1. The molecule has 0 aliphatic carbocycles. The predicted molar refractivity (Wildman–Crippen MR) is 54.6 cm³/mol. The summed E-state index contributed by atoms with van der Waals surface area (Å²) < 4.78 is 10.2. The fourth-order valence-corrected chi connectivity index (χ4v) is 1.65. The van der Waals surface area contributed by atoms with E-state index in [1.807, 2.05) is 0 Å². The van der Waals surface area contributed by atoms with E-state index >= 15 is 0 Å². The van der Waals surface area contributed by atoms with E-state index < -0.39 is 4.92 Å². The molecule has 1 aliphatic rings. The Bertz CT molecular complexity index is 367. The minimum Gasteiger partial charge on any atom is -0.371 e. The maximum atomic E-state index is 10.5. The Hall–Kier alpha value is -1.11. The highest BCUT2D eigenvalue weighted by Gasteiger charge is 2.22. The summed E-state index contributed by atoms with van der Waals surface area (Å²) in [5.41, 5.74) is 0.0753. The molecular formula is C9H9NO4S. The van der Waals surface area contributed by atoms with E-state index in [-0.39, 0.29) is 11.8 Å². The summed E-state index contributed by atoms with van der Waals surface area (Å²) in [6.45, 7) is 1.27. The summed E-state index contributed by atoms with van der Waals surface area (Å²) in [6.07, 6.45) is 0.205. The third-order valence-corrected chi connectivity index (χ3v) is 2.54. The zero-order valence-corrected chi connectivity index (χ0v) is 8.61. The topological polar surface area (TPSA) is 64.9 Å². The molecule has 0 N–H and O–H groups in total. The van der Waals surface area contributed by atoms with Gasteiger partial charge >= 0.3 is 0 Å². The molecule has 2 rings (SSSR count). The highest BCUT2D eigenvalue weighted by molar-refractivity contribution is 7.94. The third kappa shape index (κ3) is 3.19. The molecule has 1 heterocycles. The van der Waals surface area contributed by atoms with Gasteiger partial charge in [0.1, 0.15) is 6.10 Å². The van der Waals surface area contributed by atoms with Gasteiger partial charge < -0.3 is 8.92 Å². The normalized spacial score (nSPS) is 18.8. The maximum absolute atomic E-state index is 10.5. The number of hydrogen-bond donors (Lipinski definition) is 0. The SMILES string of the molecule is O=[N+]([O-])c1cccc(SOC[C@@H]2CO2)c1. The highest BCUT2D eigenvalue weighted by Crippen LogP contribution is 2.24. The molecule has 0 aromatic heterocycles. The zero-order chi connectivity index (χ0) is 10.7. The molecule has 1 atom stereocenters. The molecule has 0 radical (unpaired) electrons. The second kappa shape index (κ2) is 4.61. The van der Waals surface area contributed by atoms with Gasteiger partial charge in [0.2, 0.25) is 0 Å². The van der Waals surface area contributed by atoms with Gasteiger partial charge in [-0.2, -0.15) is 0 Å². The average Bonchev–Trinajstić information content (AvgIpc) is 3.02. The van der Waals surface area contributed by atoms with Crippen molar-refractivity contribution in [3.8, 4) is 0 Å². The van der Waals surface area contributed by atoms with Crippen molar-refractivity contribution in [3.63, 3.8) is 0 Å². The van der Waals surface area contributed by atoms with Crippen molar-refractivity contribution in [1.29, 1.82) is 0 Å².